The van der Waals surface area contributed by atoms with E-state index in [1.165, 1.54) is 18.2 Å². The minimum absolute atomic E-state index is 0.0412. The molecular formula is C35H39N3O6Si. The molecule has 0 unspecified atom stereocenters. The number of hydrogen-bond donors (Lipinski definition) is 1. The molecule has 0 atom stereocenters. The molecule has 0 aliphatic carbocycles. The minimum Gasteiger partial charge on any atom is -0.496 e. The fourth-order valence-electron chi connectivity index (χ4n) is 4.89. The van der Waals surface area contributed by atoms with Crippen molar-refractivity contribution in [3.05, 3.63) is 101 Å². The van der Waals surface area contributed by atoms with Crippen molar-refractivity contribution in [3.63, 3.8) is 0 Å². The third kappa shape index (κ3) is 8.00. The third-order valence-electron chi connectivity index (χ3n) is 7.64. The van der Waals surface area contributed by atoms with Crippen molar-refractivity contribution in [2.24, 2.45) is 7.05 Å². The Labute approximate surface area is 265 Å². The highest BCUT2D eigenvalue weighted by Crippen LogP contribution is 2.32. The van der Waals surface area contributed by atoms with Crippen molar-refractivity contribution in [1.82, 2.24) is 4.57 Å². The predicted molar refractivity (Wildman–Crippen MR) is 177 cm³/mol. The Morgan fingerprint density at radius 3 is 2.36 bits per heavy atom. The normalized spacial score (nSPS) is 11.1. The molecule has 0 aliphatic heterocycles. The average Bonchev–Trinajstić information content (AvgIpc) is 3.32. The SMILES string of the molecule is COc1ccccc1CN(C(=O)c1cc(-c2cc(C#N)ccc2C(=O)O)n(C)c1C)c1ccc(OCOCC[Si](C)(C)C)cc1. The van der Waals surface area contributed by atoms with Gasteiger partial charge in [-0.1, -0.05) is 37.8 Å². The molecule has 0 aliphatic rings. The van der Waals surface area contributed by atoms with Gasteiger partial charge in [-0.15, -0.1) is 0 Å². The van der Waals surface area contributed by atoms with Gasteiger partial charge in [-0.3, -0.25) is 4.79 Å². The van der Waals surface area contributed by atoms with Crippen LogP contribution in [0.3, 0.4) is 0 Å². The average molecular weight is 626 g/mol. The molecule has 0 radical (unpaired) electrons. The van der Waals surface area contributed by atoms with Crippen LogP contribution in [0, 0.1) is 18.3 Å². The van der Waals surface area contributed by atoms with Gasteiger partial charge in [0.1, 0.15) is 11.5 Å². The van der Waals surface area contributed by atoms with Crippen LogP contribution in [0.15, 0.2) is 72.8 Å². The Morgan fingerprint density at radius 2 is 1.71 bits per heavy atom. The van der Waals surface area contributed by atoms with E-state index in [9.17, 15) is 20.0 Å². The number of anilines is 1. The first-order valence-corrected chi connectivity index (χ1v) is 18.3. The van der Waals surface area contributed by atoms with Crippen molar-refractivity contribution < 1.29 is 28.9 Å². The maximum Gasteiger partial charge on any atom is 0.336 e. The van der Waals surface area contributed by atoms with E-state index in [0.29, 0.717) is 51.9 Å². The van der Waals surface area contributed by atoms with E-state index >= 15 is 0 Å². The largest absolute Gasteiger partial charge is 0.496 e. The number of para-hydroxylation sites is 1. The number of rotatable bonds is 13. The first-order valence-electron chi connectivity index (χ1n) is 14.6. The second-order valence-corrected chi connectivity index (χ2v) is 17.6. The van der Waals surface area contributed by atoms with Gasteiger partial charge in [-0.25, -0.2) is 4.79 Å². The number of hydrogen-bond acceptors (Lipinski definition) is 6. The van der Waals surface area contributed by atoms with Crippen LogP contribution in [0.25, 0.3) is 11.3 Å². The summed E-state index contributed by atoms with van der Waals surface area (Å²) in [6.07, 6.45) is 0. The van der Waals surface area contributed by atoms with Crippen LogP contribution in [0.1, 0.15) is 37.5 Å². The van der Waals surface area contributed by atoms with Gasteiger partial charge in [0, 0.05) is 49.9 Å². The molecule has 0 saturated carbocycles. The van der Waals surface area contributed by atoms with Gasteiger partial charge in [0.25, 0.3) is 5.91 Å². The van der Waals surface area contributed by atoms with E-state index in [1.54, 1.807) is 41.8 Å². The van der Waals surface area contributed by atoms with Crippen LogP contribution in [0.2, 0.25) is 25.7 Å². The lowest BCUT2D eigenvalue weighted by molar-refractivity contribution is 0.0220. The smallest absolute Gasteiger partial charge is 0.336 e. The van der Waals surface area contributed by atoms with Crippen LogP contribution in [-0.4, -0.2) is 50.1 Å². The minimum atomic E-state index is -1.19. The number of amides is 1. The molecular weight excluding hydrogens is 586 g/mol. The lowest BCUT2D eigenvalue weighted by atomic mass is 10.0. The Bertz CT molecular complexity index is 1720. The maximum atomic E-state index is 14.4. The van der Waals surface area contributed by atoms with E-state index in [4.69, 9.17) is 14.2 Å². The Morgan fingerprint density at radius 1 is 1.00 bits per heavy atom. The molecule has 0 spiro atoms. The molecule has 1 amide bonds. The van der Waals surface area contributed by atoms with Gasteiger partial charge < -0.3 is 28.8 Å². The number of aromatic nitrogens is 1. The molecule has 0 saturated heterocycles. The summed E-state index contributed by atoms with van der Waals surface area (Å²) in [4.78, 5) is 28.1. The Balaban J connectivity index is 1.68. The second-order valence-electron chi connectivity index (χ2n) is 11.9. The maximum absolute atomic E-state index is 14.4. The fraction of sp³-hybridized carbons (Fsp3) is 0.286. The molecule has 45 heavy (non-hydrogen) atoms. The molecule has 1 N–H and O–H groups in total. The molecule has 0 bridgehead atoms. The molecule has 0 fully saturated rings. The summed E-state index contributed by atoms with van der Waals surface area (Å²) in [6.45, 7) is 9.72. The number of carboxylic acid groups (broad SMARTS) is 1. The van der Waals surface area contributed by atoms with Crippen LogP contribution in [0.5, 0.6) is 11.5 Å². The number of ether oxygens (including phenoxy) is 3. The Kier molecular flexibility index (Phi) is 10.5. The highest BCUT2D eigenvalue weighted by Gasteiger charge is 2.26. The third-order valence-corrected chi connectivity index (χ3v) is 9.34. The van der Waals surface area contributed by atoms with E-state index in [1.807, 2.05) is 43.3 Å². The fourth-order valence-corrected chi connectivity index (χ4v) is 5.64. The zero-order valence-corrected chi connectivity index (χ0v) is 27.6. The van der Waals surface area contributed by atoms with Gasteiger partial charge in [-0.2, -0.15) is 5.26 Å². The molecule has 1 aromatic heterocycles. The van der Waals surface area contributed by atoms with Crippen molar-refractivity contribution >= 4 is 25.6 Å². The lowest BCUT2D eigenvalue weighted by Crippen LogP contribution is -2.31. The molecule has 10 heteroatoms. The molecule has 3 aromatic carbocycles. The van der Waals surface area contributed by atoms with Crippen LogP contribution in [-0.2, 0) is 18.3 Å². The van der Waals surface area contributed by atoms with E-state index in [-0.39, 0.29) is 24.8 Å². The van der Waals surface area contributed by atoms with Crippen molar-refractivity contribution in [3.8, 4) is 28.8 Å². The summed E-state index contributed by atoms with van der Waals surface area (Å²) in [5.74, 6) is -0.136. The van der Waals surface area contributed by atoms with Gasteiger partial charge >= 0.3 is 5.97 Å². The van der Waals surface area contributed by atoms with E-state index in [2.05, 4.69) is 25.7 Å². The summed E-state index contributed by atoms with van der Waals surface area (Å²) in [7, 11) is 2.17. The lowest BCUT2D eigenvalue weighted by Gasteiger charge is -2.24. The number of carbonyl (C=O) groups is 2. The number of carbonyl (C=O) groups excluding carboxylic acids is 1. The van der Waals surface area contributed by atoms with Crippen molar-refractivity contribution in [2.75, 3.05) is 25.4 Å². The van der Waals surface area contributed by atoms with Crippen LogP contribution >= 0.6 is 0 Å². The summed E-state index contributed by atoms with van der Waals surface area (Å²) < 4.78 is 18.8. The number of aromatic carboxylic acids is 1. The van der Waals surface area contributed by atoms with E-state index in [0.717, 1.165) is 11.6 Å². The molecule has 4 rings (SSSR count). The highest BCUT2D eigenvalue weighted by atomic mass is 28.3. The van der Waals surface area contributed by atoms with Crippen LogP contribution in [0.4, 0.5) is 5.69 Å². The number of benzene rings is 3. The molecule has 9 nitrogen and oxygen atoms in total. The number of nitrogens with zero attached hydrogens (tertiary/aromatic N) is 3. The zero-order chi connectivity index (χ0) is 32.7. The van der Waals surface area contributed by atoms with Gasteiger partial charge in [-0.05, 0) is 67.6 Å². The molecule has 4 aromatic rings. The topological polar surface area (TPSA) is 114 Å². The highest BCUT2D eigenvalue weighted by molar-refractivity contribution is 6.76. The number of carboxylic acids is 1. The monoisotopic (exact) mass is 625 g/mol. The second kappa shape index (κ2) is 14.3. The van der Waals surface area contributed by atoms with Gasteiger partial charge in [0.15, 0.2) is 6.79 Å². The molecule has 234 valence electrons. The van der Waals surface area contributed by atoms with E-state index < -0.39 is 14.0 Å². The molecule has 1 heterocycles. The summed E-state index contributed by atoms with van der Waals surface area (Å²) in [5.41, 5.74) is 3.74. The number of nitriles is 1. The standard InChI is InChI=1S/C35H39N3O6Si/c1-24-30(20-32(37(24)2)31-19-25(21-36)11-16-29(31)35(40)41)34(39)38(22-26-9-7-8-10-33(26)42-3)27-12-14-28(15-13-27)44-23-43-17-18-45(4,5)6/h7-16,19-20H,17-18,22-23H2,1-6H3,(H,40,41). The van der Waals surface area contributed by atoms with Crippen molar-refractivity contribution in [2.45, 2.75) is 39.2 Å². The summed E-state index contributed by atoms with van der Waals surface area (Å²) in [6, 6.07) is 24.0. The van der Waals surface area contributed by atoms with Crippen molar-refractivity contribution in [1.29, 1.82) is 5.26 Å². The first kappa shape index (κ1) is 33.0. The summed E-state index contributed by atoms with van der Waals surface area (Å²) in [5, 5.41) is 19.3. The van der Waals surface area contributed by atoms with Gasteiger partial charge in [0.05, 0.1) is 36.4 Å². The predicted octanol–water partition coefficient (Wildman–Crippen LogP) is 7.12. The zero-order valence-electron chi connectivity index (χ0n) is 26.6. The first-order chi connectivity index (χ1) is 21.4. The number of methoxy groups -OCH3 is 1. The Hall–Kier alpha value is -4.85. The summed E-state index contributed by atoms with van der Waals surface area (Å²) >= 11 is 0. The quantitative estimate of drug-likeness (QED) is 0.0956. The van der Waals surface area contributed by atoms with Gasteiger partial charge in [0.2, 0.25) is 0 Å². The van der Waals surface area contributed by atoms with Crippen LogP contribution < -0.4 is 14.4 Å².